The van der Waals surface area contributed by atoms with E-state index in [9.17, 15) is 13.5 Å². The van der Waals surface area contributed by atoms with Crippen molar-refractivity contribution < 1.29 is 13.5 Å². The lowest BCUT2D eigenvalue weighted by atomic mass is 9.83. The third kappa shape index (κ3) is 2.88. The highest BCUT2D eigenvalue weighted by Crippen LogP contribution is 2.32. The third-order valence-corrected chi connectivity index (χ3v) is 5.53. The number of nitrogens with zero attached hydrogens (tertiary/aromatic N) is 1. The number of benzene rings is 1. The fourth-order valence-electron chi connectivity index (χ4n) is 2.36. The van der Waals surface area contributed by atoms with Crippen LogP contribution in [0.25, 0.3) is 0 Å². The van der Waals surface area contributed by atoms with Gasteiger partial charge in [0.25, 0.3) is 0 Å². The topological polar surface area (TPSA) is 57.6 Å². The van der Waals surface area contributed by atoms with Crippen molar-refractivity contribution in [3.05, 3.63) is 35.9 Å². The fraction of sp³-hybridized carbons (Fsp3) is 0.467. The molecule has 0 bridgehead atoms. The Morgan fingerprint density at radius 3 is 2.35 bits per heavy atom. The van der Waals surface area contributed by atoms with Crippen LogP contribution >= 0.6 is 0 Å². The van der Waals surface area contributed by atoms with Gasteiger partial charge < -0.3 is 5.11 Å². The molecule has 20 heavy (non-hydrogen) atoms. The van der Waals surface area contributed by atoms with E-state index in [1.807, 2.05) is 6.08 Å². The molecule has 1 aromatic rings. The summed E-state index contributed by atoms with van der Waals surface area (Å²) in [5, 5.41) is 9.74. The summed E-state index contributed by atoms with van der Waals surface area (Å²) in [6.45, 7) is 7.22. The molecule has 5 heteroatoms. The highest BCUT2D eigenvalue weighted by Gasteiger charge is 2.30. The van der Waals surface area contributed by atoms with Crippen molar-refractivity contribution in [2.24, 2.45) is 5.41 Å². The summed E-state index contributed by atoms with van der Waals surface area (Å²) in [6, 6.07) is 6.07. The molecule has 0 atom stereocenters. The number of phenols is 1. The van der Waals surface area contributed by atoms with Gasteiger partial charge >= 0.3 is 0 Å². The normalized spacial score (nSPS) is 17.9. The van der Waals surface area contributed by atoms with Crippen LogP contribution in [0.2, 0.25) is 0 Å². The van der Waals surface area contributed by atoms with E-state index in [2.05, 4.69) is 20.8 Å². The second-order valence-corrected chi connectivity index (χ2v) is 7.97. The van der Waals surface area contributed by atoms with Crippen molar-refractivity contribution in [2.75, 3.05) is 13.1 Å². The monoisotopic (exact) mass is 295 g/mol. The quantitative estimate of drug-likeness (QED) is 0.854. The average molecular weight is 295 g/mol. The Bertz CT molecular complexity index is 627. The van der Waals surface area contributed by atoms with Crippen molar-refractivity contribution in [2.45, 2.75) is 32.1 Å². The van der Waals surface area contributed by atoms with Gasteiger partial charge in [0.05, 0.1) is 0 Å². The number of para-hydroxylation sites is 1. The molecule has 1 N–H and O–H groups in total. The van der Waals surface area contributed by atoms with E-state index < -0.39 is 10.0 Å². The van der Waals surface area contributed by atoms with E-state index in [0.29, 0.717) is 13.1 Å². The summed E-state index contributed by atoms with van der Waals surface area (Å²) in [7, 11) is -3.62. The number of hydrogen-bond donors (Lipinski definition) is 1. The summed E-state index contributed by atoms with van der Waals surface area (Å²) < 4.78 is 26.4. The average Bonchev–Trinajstić information content (AvgIpc) is 2.38. The van der Waals surface area contributed by atoms with Gasteiger partial charge in [-0.3, -0.25) is 0 Å². The van der Waals surface area contributed by atoms with Gasteiger partial charge in [-0.15, -0.1) is 0 Å². The molecule has 0 aliphatic carbocycles. The van der Waals surface area contributed by atoms with Crippen molar-refractivity contribution in [1.29, 1.82) is 0 Å². The Hall–Kier alpha value is -1.33. The summed E-state index contributed by atoms with van der Waals surface area (Å²) in [5.74, 6) is -0.196. The van der Waals surface area contributed by atoms with Gasteiger partial charge in [0.2, 0.25) is 10.0 Å². The standard InChI is InChI=1S/C15H21NO3S/c1-15(2,3)12-8-10-16(11-9-12)20(18,19)14-7-5-4-6-13(14)17/h4-8,17H,9-11H2,1-3H3. The summed E-state index contributed by atoms with van der Waals surface area (Å²) in [5.41, 5.74) is 1.35. The second kappa shape index (κ2) is 5.22. The van der Waals surface area contributed by atoms with Crippen molar-refractivity contribution in [3.63, 3.8) is 0 Å². The van der Waals surface area contributed by atoms with Crippen LogP contribution < -0.4 is 0 Å². The van der Waals surface area contributed by atoms with E-state index in [1.165, 1.54) is 22.0 Å². The Morgan fingerprint density at radius 2 is 1.85 bits per heavy atom. The van der Waals surface area contributed by atoms with E-state index in [-0.39, 0.29) is 16.1 Å². The molecule has 0 saturated carbocycles. The molecule has 0 unspecified atom stereocenters. The number of phenolic OH excluding ortho intramolecular Hbond substituents is 1. The zero-order chi connectivity index (χ0) is 15.0. The van der Waals surface area contributed by atoms with Crippen LogP contribution in [0.4, 0.5) is 0 Å². The van der Waals surface area contributed by atoms with Gasteiger partial charge in [-0.1, -0.05) is 44.6 Å². The lowest BCUT2D eigenvalue weighted by molar-refractivity contribution is 0.386. The zero-order valence-corrected chi connectivity index (χ0v) is 12.9. The van der Waals surface area contributed by atoms with Gasteiger partial charge in [0, 0.05) is 13.1 Å². The number of aromatic hydroxyl groups is 1. The summed E-state index contributed by atoms with van der Waals surface area (Å²) >= 11 is 0. The molecule has 0 radical (unpaired) electrons. The van der Waals surface area contributed by atoms with E-state index in [4.69, 9.17) is 0 Å². The highest BCUT2D eigenvalue weighted by atomic mass is 32.2. The molecule has 0 fully saturated rings. The van der Waals surface area contributed by atoms with Crippen LogP contribution in [-0.2, 0) is 10.0 Å². The predicted molar refractivity (Wildman–Crippen MR) is 79.0 cm³/mol. The Morgan fingerprint density at radius 1 is 1.20 bits per heavy atom. The number of sulfonamides is 1. The molecule has 0 aromatic heterocycles. The highest BCUT2D eigenvalue weighted by molar-refractivity contribution is 7.89. The molecular weight excluding hydrogens is 274 g/mol. The molecular formula is C15H21NO3S. The third-order valence-electron chi connectivity index (χ3n) is 3.62. The first-order valence-electron chi connectivity index (χ1n) is 6.70. The van der Waals surface area contributed by atoms with Crippen LogP contribution in [0.3, 0.4) is 0 Å². The lowest BCUT2D eigenvalue weighted by Gasteiger charge is -2.31. The van der Waals surface area contributed by atoms with Crippen molar-refractivity contribution >= 4 is 10.0 Å². The van der Waals surface area contributed by atoms with Gasteiger partial charge in [0.15, 0.2) is 0 Å². The SMILES string of the molecule is CC(C)(C)C1=CCN(S(=O)(=O)c2ccccc2O)CC1. The molecule has 1 aromatic carbocycles. The maximum absolute atomic E-state index is 12.5. The zero-order valence-electron chi connectivity index (χ0n) is 12.1. The first-order valence-corrected chi connectivity index (χ1v) is 8.14. The van der Waals surface area contributed by atoms with Gasteiger partial charge in [-0.2, -0.15) is 4.31 Å². The van der Waals surface area contributed by atoms with Crippen LogP contribution in [0, 0.1) is 5.41 Å². The minimum Gasteiger partial charge on any atom is -0.507 e. The molecule has 1 aliphatic heterocycles. The first kappa shape index (κ1) is 15.1. The predicted octanol–water partition coefficient (Wildman–Crippen LogP) is 2.76. The smallest absolute Gasteiger partial charge is 0.247 e. The molecule has 4 nitrogen and oxygen atoms in total. The van der Waals surface area contributed by atoms with E-state index >= 15 is 0 Å². The first-order chi connectivity index (χ1) is 9.23. The summed E-state index contributed by atoms with van der Waals surface area (Å²) in [6.07, 6.45) is 2.72. The maximum atomic E-state index is 12.5. The van der Waals surface area contributed by atoms with E-state index in [1.54, 1.807) is 12.1 Å². The number of hydrogen-bond acceptors (Lipinski definition) is 3. The minimum absolute atomic E-state index is 0.0207. The van der Waals surface area contributed by atoms with Gasteiger partial charge in [-0.25, -0.2) is 8.42 Å². The van der Waals surface area contributed by atoms with Crippen molar-refractivity contribution in [1.82, 2.24) is 4.31 Å². The molecule has 0 saturated heterocycles. The molecule has 0 spiro atoms. The molecule has 2 rings (SSSR count). The van der Waals surface area contributed by atoms with Crippen LogP contribution in [0.1, 0.15) is 27.2 Å². The Balaban J connectivity index is 2.27. The molecule has 110 valence electrons. The van der Waals surface area contributed by atoms with E-state index in [0.717, 1.165) is 6.42 Å². The maximum Gasteiger partial charge on any atom is 0.247 e. The summed E-state index contributed by atoms with van der Waals surface area (Å²) in [4.78, 5) is -0.0207. The minimum atomic E-state index is -3.62. The molecule has 1 aliphatic rings. The van der Waals surface area contributed by atoms with Gasteiger partial charge in [-0.05, 0) is 24.0 Å². The van der Waals surface area contributed by atoms with Crippen LogP contribution in [-0.4, -0.2) is 30.9 Å². The lowest BCUT2D eigenvalue weighted by Crippen LogP contribution is -2.36. The van der Waals surface area contributed by atoms with Crippen molar-refractivity contribution in [3.8, 4) is 5.75 Å². The molecule has 1 heterocycles. The van der Waals surface area contributed by atoms with Crippen LogP contribution in [0.5, 0.6) is 5.75 Å². The Kier molecular flexibility index (Phi) is 3.93. The van der Waals surface area contributed by atoms with Gasteiger partial charge in [0.1, 0.15) is 10.6 Å². The molecule has 0 amide bonds. The fourth-order valence-corrected chi connectivity index (χ4v) is 3.83. The number of rotatable bonds is 2. The Labute approximate surface area is 120 Å². The largest absolute Gasteiger partial charge is 0.507 e. The van der Waals surface area contributed by atoms with Crippen LogP contribution in [0.15, 0.2) is 40.8 Å². The second-order valence-electron chi connectivity index (χ2n) is 6.06.